The Kier molecular flexibility index (Phi) is 10.1. The maximum Gasteiger partial charge on any atom is 0.190 e. The van der Waals surface area contributed by atoms with Crippen molar-refractivity contribution in [3.63, 3.8) is 0 Å². The number of ether oxygens (including phenoxy) is 2. The molecule has 0 radical (unpaired) electrons. The minimum Gasteiger partial charge on any atom is -0.385 e. The van der Waals surface area contributed by atoms with Gasteiger partial charge in [-0.3, -0.25) is 4.99 Å². The SMILES string of the molecule is CN=C(NCCCOC)NCC(C)COCc1ccccc1. The lowest BCUT2D eigenvalue weighted by atomic mass is 10.2. The van der Waals surface area contributed by atoms with Crippen molar-refractivity contribution in [1.82, 2.24) is 10.6 Å². The predicted octanol–water partition coefficient (Wildman–Crippen LogP) is 2.04. The van der Waals surface area contributed by atoms with Crippen LogP contribution in [-0.4, -0.2) is 46.4 Å². The molecule has 0 aliphatic rings. The van der Waals surface area contributed by atoms with E-state index in [0.717, 1.165) is 38.7 Å². The zero-order valence-corrected chi connectivity index (χ0v) is 14.0. The molecule has 1 unspecified atom stereocenters. The Bertz CT molecular complexity index is 410. The zero-order valence-electron chi connectivity index (χ0n) is 14.0. The fourth-order valence-corrected chi connectivity index (χ4v) is 1.93. The molecule has 0 heterocycles. The van der Waals surface area contributed by atoms with Crippen molar-refractivity contribution >= 4 is 5.96 Å². The van der Waals surface area contributed by atoms with Gasteiger partial charge in [-0.15, -0.1) is 0 Å². The molecule has 2 N–H and O–H groups in total. The molecule has 0 saturated heterocycles. The highest BCUT2D eigenvalue weighted by Gasteiger charge is 2.04. The van der Waals surface area contributed by atoms with Crippen molar-refractivity contribution in [2.24, 2.45) is 10.9 Å². The van der Waals surface area contributed by atoms with Gasteiger partial charge in [-0.1, -0.05) is 37.3 Å². The van der Waals surface area contributed by atoms with Crippen LogP contribution >= 0.6 is 0 Å². The lowest BCUT2D eigenvalue weighted by molar-refractivity contribution is 0.0931. The summed E-state index contributed by atoms with van der Waals surface area (Å²) in [5.41, 5.74) is 1.21. The van der Waals surface area contributed by atoms with Gasteiger partial charge in [-0.25, -0.2) is 0 Å². The Morgan fingerprint density at radius 3 is 2.68 bits per heavy atom. The number of aliphatic imine (C=N–C) groups is 1. The smallest absolute Gasteiger partial charge is 0.190 e. The molecule has 0 aromatic heterocycles. The minimum absolute atomic E-state index is 0.418. The average Bonchev–Trinajstić information content (AvgIpc) is 2.55. The van der Waals surface area contributed by atoms with E-state index in [1.165, 1.54) is 5.56 Å². The van der Waals surface area contributed by atoms with Crippen molar-refractivity contribution < 1.29 is 9.47 Å². The molecule has 1 rings (SSSR count). The molecule has 0 bridgehead atoms. The van der Waals surface area contributed by atoms with E-state index in [4.69, 9.17) is 9.47 Å². The van der Waals surface area contributed by atoms with Gasteiger partial charge >= 0.3 is 0 Å². The molecule has 1 aromatic rings. The number of methoxy groups -OCH3 is 1. The van der Waals surface area contributed by atoms with Crippen LogP contribution in [0.25, 0.3) is 0 Å². The summed E-state index contributed by atoms with van der Waals surface area (Å²) in [5, 5.41) is 6.57. The molecule has 0 aliphatic carbocycles. The fraction of sp³-hybridized carbons (Fsp3) is 0.588. The monoisotopic (exact) mass is 307 g/mol. The van der Waals surface area contributed by atoms with E-state index >= 15 is 0 Å². The van der Waals surface area contributed by atoms with E-state index in [1.807, 2.05) is 18.2 Å². The van der Waals surface area contributed by atoms with E-state index in [-0.39, 0.29) is 0 Å². The number of hydrogen-bond donors (Lipinski definition) is 2. The normalized spacial score (nSPS) is 13.0. The molecule has 0 saturated carbocycles. The van der Waals surface area contributed by atoms with Gasteiger partial charge in [0, 0.05) is 33.9 Å². The van der Waals surface area contributed by atoms with Crippen LogP contribution in [0.1, 0.15) is 18.9 Å². The molecule has 0 aliphatic heterocycles. The van der Waals surface area contributed by atoms with Gasteiger partial charge in [-0.2, -0.15) is 0 Å². The highest BCUT2D eigenvalue weighted by atomic mass is 16.5. The van der Waals surface area contributed by atoms with Crippen molar-refractivity contribution in [3.8, 4) is 0 Å². The molecule has 1 aromatic carbocycles. The highest BCUT2D eigenvalue weighted by molar-refractivity contribution is 5.79. The molecule has 124 valence electrons. The fourth-order valence-electron chi connectivity index (χ4n) is 1.93. The summed E-state index contributed by atoms with van der Waals surface area (Å²) in [5.74, 6) is 1.24. The average molecular weight is 307 g/mol. The summed E-state index contributed by atoms with van der Waals surface area (Å²) >= 11 is 0. The first-order valence-corrected chi connectivity index (χ1v) is 7.81. The van der Waals surface area contributed by atoms with Crippen LogP contribution in [-0.2, 0) is 16.1 Å². The first-order chi connectivity index (χ1) is 10.8. The maximum atomic E-state index is 5.74. The van der Waals surface area contributed by atoms with Gasteiger partial charge in [0.2, 0.25) is 0 Å². The molecule has 22 heavy (non-hydrogen) atoms. The van der Waals surface area contributed by atoms with Crippen molar-refractivity contribution in [2.75, 3.05) is 40.5 Å². The standard InChI is InChI=1S/C17H29N3O2/c1-15(13-22-14-16-8-5-4-6-9-16)12-20-17(18-2)19-10-7-11-21-3/h4-6,8-9,15H,7,10-14H2,1-3H3,(H2,18,19,20). The molecular weight excluding hydrogens is 278 g/mol. The quantitative estimate of drug-likeness (QED) is 0.394. The Balaban J connectivity index is 2.11. The third kappa shape index (κ3) is 8.64. The number of hydrogen-bond acceptors (Lipinski definition) is 3. The van der Waals surface area contributed by atoms with E-state index in [0.29, 0.717) is 12.5 Å². The van der Waals surface area contributed by atoms with Crippen LogP contribution in [0.15, 0.2) is 35.3 Å². The Labute approximate surface area is 134 Å². The third-order valence-electron chi connectivity index (χ3n) is 3.17. The topological polar surface area (TPSA) is 54.9 Å². The van der Waals surface area contributed by atoms with Gasteiger partial charge in [0.1, 0.15) is 0 Å². The zero-order chi connectivity index (χ0) is 16.0. The van der Waals surface area contributed by atoms with Crippen LogP contribution in [0.3, 0.4) is 0 Å². The number of rotatable bonds is 10. The molecule has 0 fully saturated rings. The van der Waals surface area contributed by atoms with Crippen molar-refractivity contribution in [2.45, 2.75) is 20.0 Å². The van der Waals surface area contributed by atoms with Gasteiger partial charge in [0.15, 0.2) is 5.96 Å². The van der Waals surface area contributed by atoms with Gasteiger partial charge in [0.25, 0.3) is 0 Å². The highest BCUT2D eigenvalue weighted by Crippen LogP contribution is 2.02. The molecule has 5 heteroatoms. The molecule has 1 atom stereocenters. The van der Waals surface area contributed by atoms with Crippen molar-refractivity contribution in [1.29, 1.82) is 0 Å². The molecular formula is C17H29N3O2. The summed E-state index contributed by atoms with van der Waals surface area (Å²) in [6.45, 7) is 5.99. The van der Waals surface area contributed by atoms with E-state index < -0.39 is 0 Å². The Morgan fingerprint density at radius 2 is 2.00 bits per heavy atom. The number of nitrogens with one attached hydrogen (secondary N) is 2. The summed E-state index contributed by atoms with van der Waals surface area (Å²) < 4.78 is 10.8. The number of benzene rings is 1. The third-order valence-corrected chi connectivity index (χ3v) is 3.17. The van der Waals surface area contributed by atoms with Crippen LogP contribution in [0.2, 0.25) is 0 Å². The molecule has 0 spiro atoms. The van der Waals surface area contributed by atoms with E-state index in [1.54, 1.807) is 14.2 Å². The summed E-state index contributed by atoms with van der Waals surface area (Å²) in [6, 6.07) is 10.2. The maximum absolute atomic E-state index is 5.74. The van der Waals surface area contributed by atoms with E-state index in [2.05, 4.69) is 34.7 Å². The van der Waals surface area contributed by atoms with Gasteiger partial charge in [0.05, 0.1) is 13.2 Å². The lowest BCUT2D eigenvalue weighted by Gasteiger charge is -2.16. The first-order valence-electron chi connectivity index (χ1n) is 7.81. The Morgan fingerprint density at radius 1 is 1.23 bits per heavy atom. The predicted molar refractivity (Wildman–Crippen MR) is 91.1 cm³/mol. The van der Waals surface area contributed by atoms with Crippen LogP contribution in [0.5, 0.6) is 0 Å². The Hall–Kier alpha value is -1.59. The summed E-state index contributed by atoms with van der Waals surface area (Å²) in [7, 11) is 3.49. The summed E-state index contributed by atoms with van der Waals surface area (Å²) in [6.07, 6.45) is 0.965. The van der Waals surface area contributed by atoms with Crippen LogP contribution in [0, 0.1) is 5.92 Å². The van der Waals surface area contributed by atoms with E-state index in [9.17, 15) is 0 Å². The lowest BCUT2D eigenvalue weighted by Crippen LogP contribution is -2.40. The molecule has 5 nitrogen and oxygen atoms in total. The van der Waals surface area contributed by atoms with Crippen LogP contribution < -0.4 is 10.6 Å². The molecule has 0 amide bonds. The minimum atomic E-state index is 0.418. The number of guanidine groups is 1. The second kappa shape index (κ2) is 12.0. The number of nitrogens with zero attached hydrogens (tertiary/aromatic N) is 1. The second-order valence-corrected chi connectivity index (χ2v) is 5.33. The second-order valence-electron chi connectivity index (χ2n) is 5.33. The van der Waals surface area contributed by atoms with Gasteiger partial charge in [-0.05, 0) is 17.9 Å². The van der Waals surface area contributed by atoms with Gasteiger partial charge < -0.3 is 20.1 Å². The first kappa shape index (κ1) is 18.5. The largest absolute Gasteiger partial charge is 0.385 e. The van der Waals surface area contributed by atoms with Crippen LogP contribution in [0.4, 0.5) is 0 Å². The summed E-state index contributed by atoms with van der Waals surface area (Å²) in [4.78, 5) is 4.20. The van der Waals surface area contributed by atoms with Crippen molar-refractivity contribution in [3.05, 3.63) is 35.9 Å².